The van der Waals surface area contributed by atoms with Gasteiger partial charge in [-0.05, 0) is 16.5 Å². The largest absolute Gasteiger partial charge is 0.374 e. The number of fused-ring (bicyclic) bond motifs is 1. The smallest absolute Gasteiger partial charge is 0.266 e. The molecule has 1 aliphatic heterocycles. The lowest BCUT2D eigenvalue weighted by atomic mass is 9.87. The fourth-order valence-corrected chi connectivity index (χ4v) is 4.37. The quantitative estimate of drug-likeness (QED) is 0.445. The molecule has 1 unspecified atom stereocenters. The van der Waals surface area contributed by atoms with E-state index < -0.39 is 0 Å². The van der Waals surface area contributed by atoms with Crippen molar-refractivity contribution in [2.24, 2.45) is 0 Å². The van der Waals surface area contributed by atoms with Crippen molar-refractivity contribution < 1.29 is 4.74 Å². The fraction of sp³-hybridized carbons (Fsp3) is 0.370. The zero-order valence-electron chi connectivity index (χ0n) is 20.5. The van der Waals surface area contributed by atoms with Gasteiger partial charge >= 0.3 is 0 Å². The average Bonchev–Trinajstić information content (AvgIpc) is 3.23. The number of hydrogen-bond acceptors (Lipinski definition) is 6. The summed E-state index contributed by atoms with van der Waals surface area (Å²) in [5.74, 6) is 1.11. The lowest BCUT2D eigenvalue weighted by Gasteiger charge is -2.33. The Morgan fingerprint density at radius 2 is 1.86 bits per heavy atom. The molecule has 2 aromatic heterocycles. The molecule has 0 spiro atoms. The van der Waals surface area contributed by atoms with Gasteiger partial charge in [-0.3, -0.25) is 14.8 Å². The molecule has 2 N–H and O–H groups in total. The van der Waals surface area contributed by atoms with E-state index in [2.05, 4.69) is 77.5 Å². The third-order valence-electron chi connectivity index (χ3n) is 6.32. The number of morpholine rings is 1. The number of anilines is 1. The molecule has 1 fully saturated rings. The molecule has 0 bridgehead atoms. The molecule has 3 heterocycles. The van der Waals surface area contributed by atoms with Crippen LogP contribution >= 0.6 is 0 Å². The number of aromatic nitrogens is 4. The highest BCUT2D eigenvalue weighted by atomic mass is 16.5. The molecule has 0 saturated carbocycles. The Morgan fingerprint density at radius 1 is 1.09 bits per heavy atom. The number of hydrogen-bond donors (Lipinski definition) is 2. The molecule has 0 radical (unpaired) electrons. The molecule has 1 aliphatic rings. The minimum absolute atomic E-state index is 0.00859. The fourth-order valence-electron chi connectivity index (χ4n) is 4.37. The van der Waals surface area contributed by atoms with Crippen LogP contribution in [0, 0.1) is 0 Å². The van der Waals surface area contributed by atoms with Crippen LogP contribution < -0.4 is 10.9 Å². The highest BCUT2D eigenvalue weighted by molar-refractivity contribution is 5.60. The number of nitrogens with zero attached hydrogens (tertiary/aromatic N) is 4. The van der Waals surface area contributed by atoms with Crippen molar-refractivity contribution in [3.63, 3.8) is 0 Å². The Morgan fingerprint density at radius 3 is 2.60 bits per heavy atom. The minimum Gasteiger partial charge on any atom is -0.374 e. The number of nitrogens with one attached hydrogen (secondary N) is 2. The lowest BCUT2D eigenvalue weighted by molar-refractivity contribution is -0.0241. The van der Waals surface area contributed by atoms with Crippen molar-refractivity contribution in [3.8, 4) is 11.4 Å². The van der Waals surface area contributed by atoms with Crippen LogP contribution in [0.4, 0.5) is 5.95 Å². The molecule has 8 heteroatoms. The van der Waals surface area contributed by atoms with Crippen LogP contribution in [-0.4, -0.2) is 56.8 Å². The molecule has 2 aromatic carbocycles. The van der Waals surface area contributed by atoms with Gasteiger partial charge < -0.3 is 10.1 Å². The summed E-state index contributed by atoms with van der Waals surface area (Å²) in [7, 11) is 0. The van der Waals surface area contributed by atoms with Crippen molar-refractivity contribution in [2.75, 3.05) is 31.6 Å². The average molecular weight is 473 g/mol. The molecule has 5 rings (SSSR count). The summed E-state index contributed by atoms with van der Waals surface area (Å²) in [5.41, 5.74) is 3.82. The number of rotatable bonds is 6. The Bertz CT molecular complexity index is 1340. The molecule has 0 amide bonds. The minimum atomic E-state index is -0.217. The molecule has 4 aromatic rings. The molecule has 1 saturated heterocycles. The summed E-state index contributed by atoms with van der Waals surface area (Å²) >= 11 is 0. The van der Waals surface area contributed by atoms with Gasteiger partial charge in [0.1, 0.15) is 0 Å². The summed E-state index contributed by atoms with van der Waals surface area (Å²) in [6, 6.07) is 20.3. The highest BCUT2D eigenvalue weighted by Gasteiger charge is 2.21. The van der Waals surface area contributed by atoms with Crippen molar-refractivity contribution in [1.29, 1.82) is 0 Å². The van der Waals surface area contributed by atoms with Gasteiger partial charge in [0.25, 0.3) is 5.56 Å². The Kier molecular flexibility index (Phi) is 6.40. The number of ether oxygens (including phenoxy) is 1. The topological polar surface area (TPSA) is 87.5 Å². The van der Waals surface area contributed by atoms with Crippen LogP contribution in [0.1, 0.15) is 31.9 Å². The number of benzene rings is 2. The van der Waals surface area contributed by atoms with Crippen LogP contribution in [-0.2, 0) is 16.7 Å². The molecule has 182 valence electrons. The van der Waals surface area contributed by atoms with Crippen LogP contribution in [0.25, 0.3) is 17.0 Å². The summed E-state index contributed by atoms with van der Waals surface area (Å²) < 4.78 is 7.61. The van der Waals surface area contributed by atoms with Crippen molar-refractivity contribution >= 4 is 11.6 Å². The molecule has 1 atom stereocenters. The van der Waals surface area contributed by atoms with E-state index in [9.17, 15) is 4.79 Å². The van der Waals surface area contributed by atoms with E-state index in [0.29, 0.717) is 30.6 Å². The first kappa shape index (κ1) is 23.3. The monoisotopic (exact) mass is 472 g/mol. The van der Waals surface area contributed by atoms with Crippen molar-refractivity contribution in [1.82, 2.24) is 24.5 Å². The molecular weight excluding hydrogens is 440 g/mol. The van der Waals surface area contributed by atoms with E-state index in [1.807, 2.05) is 18.2 Å². The molecular formula is C27H32N6O2. The lowest BCUT2D eigenvalue weighted by Crippen LogP contribution is -2.45. The second-order valence-electron chi connectivity index (χ2n) is 10.1. The van der Waals surface area contributed by atoms with Crippen LogP contribution in [0.15, 0.2) is 65.5 Å². The summed E-state index contributed by atoms with van der Waals surface area (Å²) in [5, 5.41) is 6.18. The number of H-pyrrole nitrogens is 1. The van der Waals surface area contributed by atoms with E-state index in [1.54, 1.807) is 4.52 Å². The van der Waals surface area contributed by atoms with Gasteiger partial charge in [0.15, 0.2) is 11.5 Å². The Hall–Kier alpha value is -3.49. The van der Waals surface area contributed by atoms with Gasteiger partial charge in [-0.15, -0.1) is 0 Å². The maximum absolute atomic E-state index is 12.1. The summed E-state index contributed by atoms with van der Waals surface area (Å²) in [6.07, 6.45) is 0.00859. The van der Waals surface area contributed by atoms with Gasteiger partial charge in [-0.1, -0.05) is 75.4 Å². The maximum atomic E-state index is 12.1. The first-order chi connectivity index (χ1) is 16.8. The Labute approximate surface area is 205 Å². The van der Waals surface area contributed by atoms with Gasteiger partial charge in [0, 0.05) is 37.8 Å². The van der Waals surface area contributed by atoms with Crippen molar-refractivity contribution in [2.45, 2.75) is 38.8 Å². The van der Waals surface area contributed by atoms with Gasteiger partial charge in [0.2, 0.25) is 5.95 Å². The standard InChI is InChI=1S/C27H32N6O2/c1-27(2,3)21-11-9-20(10-12-21)25-29-23-15-24(34)31-33(23)26(30-25)28-16-22-18-32(13-14-35-22)17-19-7-5-4-6-8-19/h4-12,15,22H,13-14,16-18H2,1-3H3,(H,31,34)(H,28,29,30). The Balaban J connectivity index is 1.34. The van der Waals surface area contributed by atoms with Gasteiger partial charge in [-0.2, -0.15) is 4.98 Å². The first-order valence-electron chi connectivity index (χ1n) is 12.1. The molecule has 8 nitrogen and oxygen atoms in total. The number of aromatic amines is 1. The third-order valence-corrected chi connectivity index (χ3v) is 6.32. The van der Waals surface area contributed by atoms with E-state index in [0.717, 1.165) is 25.2 Å². The van der Waals surface area contributed by atoms with Crippen LogP contribution in [0.2, 0.25) is 0 Å². The SMILES string of the molecule is CC(C)(C)c1ccc(-c2nc(NCC3CN(Cc4ccccc4)CCO3)n3[nH]c(=O)cc3n2)cc1. The molecule has 35 heavy (non-hydrogen) atoms. The van der Waals surface area contributed by atoms with Crippen LogP contribution in [0.3, 0.4) is 0 Å². The predicted molar refractivity (Wildman–Crippen MR) is 138 cm³/mol. The maximum Gasteiger partial charge on any atom is 0.266 e. The van der Waals surface area contributed by atoms with Crippen LogP contribution in [0.5, 0.6) is 0 Å². The van der Waals surface area contributed by atoms with E-state index in [-0.39, 0.29) is 17.1 Å². The second-order valence-corrected chi connectivity index (χ2v) is 10.1. The van der Waals surface area contributed by atoms with E-state index in [4.69, 9.17) is 9.72 Å². The summed E-state index contributed by atoms with van der Waals surface area (Å²) in [6.45, 7) is 10.4. The summed E-state index contributed by atoms with van der Waals surface area (Å²) in [4.78, 5) is 23.8. The van der Waals surface area contributed by atoms with Gasteiger partial charge in [-0.25, -0.2) is 9.50 Å². The zero-order valence-corrected chi connectivity index (χ0v) is 20.5. The molecule has 0 aliphatic carbocycles. The van der Waals surface area contributed by atoms with Crippen molar-refractivity contribution in [3.05, 3.63) is 82.1 Å². The normalized spacial score (nSPS) is 17.1. The third kappa shape index (κ3) is 5.44. The van der Waals surface area contributed by atoms with E-state index >= 15 is 0 Å². The highest BCUT2D eigenvalue weighted by Crippen LogP contribution is 2.25. The van der Waals surface area contributed by atoms with E-state index in [1.165, 1.54) is 17.2 Å². The zero-order chi connectivity index (χ0) is 24.4. The van der Waals surface area contributed by atoms with Gasteiger partial charge in [0.05, 0.1) is 12.7 Å². The predicted octanol–water partition coefficient (Wildman–Crippen LogP) is 3.70. The first-order valence-corrected chi connectivity index (χ1v) is 12.1. The second kappa shape index (κ2) is 9.64.